The molecule has 2 rings (SSSR count). The number of nitrogens with zero attached hydrogens (tertiary/aromatic N) is 1. The number of nitrogens with two attached hydrogens (primary N) is 1. The number of carbonyl (C=O) groups excluding carboxylic acids is 2. The molecule has 0 spiro atoms. The molecule has 9 nitrogen and oxygen atoms in total. The van der Waals surface area contributed by atoms with Gasteiger partial charge in [-0.25, -0.2) is 17.9 Å². The molecule has 1 heterocycles. The van der Waals surface area contributed by atoms with Gasteiger partial charge in [-0.1, -0.05) is 30.3 Å². The highest BCUT2D eigenvalue weighted by Gasteiger charge is 2.35. The summed E-state index contributed by atoms with van der Waals surface area (Å²) in [6, 6.07) is 8.33. The molecule has 180 valence electrons. The van der Waals surface area contributed by atoms with Crippen molar-refractivity contribution in [3.63, 3.8) is 0 Å². The number of ether oxygens (including phenoxy) is 1. The molecule has 1 saturated heterocycles. The molecule has 32 heavy (non-hydrogen) atoms. The summed E-state index contributed by atoms with van der Waals surface area (Å²) < 4.78 is 32.2. The first kappa shape index (κ1) is 26.1. The average molecular weight is 469 g/mol. The predicted molar refractivity (Wildman–Crippen MR) is 123 cm³/mol. The van der Waals surface area contributed by atoms with Crippen molar-refractivity contribution >= 4 is 22.0 Å². The van der Waals surface area contributed by atoms with Crippen molar-refractivity contribution in [2.45, 2.75) is 64.1 Å². The summed E-state index contributed by atoms with van der Waals surface area (Å²) in [4.78, 5) is 27.5. The average Bonchev–Trinajstić information content (AvgIpc) is 3.18. The third kappa shape index (κ3) is 8.76. The summed E-state index contributed by atoms with van der Waals surface area (Å²) in [5.41, 5.74) is 5.61. The van der Waals surface area contributed by atoms with E-state index in [4.69, 9.17) is 10.5 Å². The van der Waals surface area contributed by atoms with Crippen LogP contribution in [0.2, 0.25) is 0 Å². The standard InChI is InChI=1S/C22H36N4O5S/c1-22(2,3)31-21(28)25-19(15-17-9-5-4-6-10-17)20(27)26-13-7-11-18(26)16-24-32(29,30)14-8-12-23/h4-6,9-10,18-19,24H,7-8,11-16,23H2,1-3H3,(H,25,28). The van der Waals surface area contributed by atoms with Crippen LogP contribution in [0.3, 0.4) is 0 Å². The van der Waals surface area contributed by atoms with E-state index in [2.05, 4.69) is 10.0 Å². The zero-order valence-corrected chi connectivity index (χ0v) is 20.0. The Morgan fingerprint density at radius 2 is 1.94 bits per heavy atom. The molecule has 0 aliphatic carbocycles. The van der Waals surface area contributed by atoms with E-state index in [0.717, 1.165) is 12.0 Å². The number of carbonyl (C=O) groups is 2. The van der Waals surface area contributed by atoms with Gasteiger partial charge in [0.2, 0.25) is 15.9 Å². The monoisotopic (exact) mass is 468 g/mol. The van der Waals surface area contributed by atoms with E-state index in [1.54, 1.807) is 25.7 Å². The maximum atomic E-state index is 13.4. The molecule has 1 aliphatic rings. The van der Waals surface area contributed by atoms with Crippen molar-refractivity contribution in [2.24, 2.45) is 5.73 Å². The Labute approximate surface area is 191 Å². The van der Waals surface area contributed by atoms with Gasteiger partial charge in [-0.05, 0) is 52.1 Å². The van der Waals surface area contributed by atoms with Crippen LogP contribution in [0.25, 0.3) is 0 Å². The number of amides is 2. The zero-order valence-electron chi connectivity index (χ0n) is 19.2. The summed E-state index contributed by atoms with van der Waals surface area (Å²) in [6.45, 7) is 6.22. The van der Waals surface area contributed by atoms with E-state index in [1.165, 1.54) is 0 Å². The second kappa shape index (κ2) is 11.6. The molecular formula is C22H36N4O5S. The summed E-state index contributed by atoms with van der Waals surface area (Å²) in [6.07, 6.45) is 1.48. The summed E-state index contributed by atoms with van der Waals surface area (Å²) in [5.74, 6) is -0.288. The van der Waals surface area contributed by atoms with E-state index in [1.807, 2.05) is 30.3 Å². The van der Waals surface area contributed by atoms with Crippen LogP contribution in [0.4, 0.5) is 4.79 Å². The number of rotatable bonds is 10. The fourth-order valence-corrected chi connectivity index (χ4v) is 4.74. The highest BCUT2D eigenvalue weighted by Crippen LogP contribution is 2.20. The summed E-state index contributed by atoms with van der Waals surface area (Å²) in [7, 11) is -3.45. The van der Waals surface area contributed by atoms with Crippen LogP contribution < -0.4 is 15.8 Å². The molecule has 2 atom stereocenters. The van der Waals surface area contributed by atoms with Crippen molar-refractivity contribution in [1.29, 1.82) is 0 Å². The molecule has 2 amide bonds. The third-order valence-electron chi connectivity index (χ3n) is 5.09. The van der Waals surface area contributed by atoms with Crippen LogP contribution >= 0.6 is 0 Å². The van der Waals surface area contributed by atoms with E-state index in [0.29, 0.717) is 32.4 Å². The molecule has 0 bridgehead atoms. The summed E-state index contributed by atoms with van der Waals surface area (Å²) in [5, 5.41) is 2.71. The molecule has 1 aromatic rings. The van der Waals surface area contributed by atoms with Gasteiger partial charge in [0, 0.05) is 25.6 Å². The topological polar surface area (TPSA) is 131 Å². The Kier molecular flexibility index (Phi) is 9.47. The number of nitrogens with one attached hydrogen (secondary N) is 2. The lowest BCUT2D eigenvalue weighted by atomic mass is 10.0. The first-order chi connectivity index (χ1) is 15.0. The molecule has 4 N–H and O–H groups in total. The minimum Gasteiger partial charge on any atom is -0.444 e. The Morgan fingerprint density at radius 3 is 2.56 bits per heavy atom. The van der Waals surface area contributed by atoms with Crippen molar-refractivity contribution in [1.82, 2.24) is 14.9 Å². The molecule has 2 unspecified atom stereocenters. The van der Waals surface area contributed by atoms with Crippen LogP contribution in [-0.2, 0) is 26.0 Å². The number of hydrogen-bond donors (Lipinski definition) is 3. The number of sulfonamides is 1. The smallest absolute Gasteiger partial charge is 0.408 e. The van der Waals surface area contributed by atoms with Gasteiger partial charge in [-0.2, -0.15) is 0 Å². The molecule has 1 aromatic carbocycles. The third-order valence-corrected chi connectivity index (χ3v) is 6.52. The number of alkyl carbamates (subject to hydrolysis) is 1. The second-order valence-corrected chi connectivity index (χ2v) is 11.0. The van der Waals surface area contributed by atoms with Gasteiger partial charge in [0.05, 0.1) is 5.75 Å². The second-order valence-electron chi connectivity index (χ2n) is 9.03. The van der Waals surface area contributed by atoms with Crippen LogP contribution in [0, 0.1) is 0 Å². The maximum absolute atomic E-state index is 13.4. The van der Waals surface area contributed by atoms with E-state index >= 15 is 0 Å². The fourth-order valence-electron chi connectivity index (χ4n) is 3.61. The van der Waals surface area contributed by atoms with Gasteiger partial charge in [0.15, 0.2) is 0 Å². The minimum absolute atomic E-state index is 0.0407. The predicted octanol–water partition coefficient (Wildman–Crippen LogP) is 1.38. The summed E-state index contributed by atoms with van der Waals surface area (Å²) >= 11 is 0. The van der Waals surface area contributed by atoms with Crippen molar-refractivity contribution in [3.8, 4) is 0 Å². The van der Waals surface area contributed by atoms with Crippen LogP contribution in [0.1, 0.15) is 45.6 Å². The van der Waals surface area contributed by atoms with Crippen molar-refractivity contribution in [2.75, 3.05) is 25.4 Å². The van der Waals surface area contributed by atoms with Gasteiger partial charge in [0.25, 0.3) is 0 Å². The molecular weight excluding hydrogens is 432 g/mol. The highest BCUT2D eigenvalue weighted by molar-refractivity contribution is 7.89. The quantitative estimate of drug-likeness (QED) is 0.475. The largest absolute Gasteiger partial charge is 0.444 e. The van der Waals surface area contributed by atoms with Gasteiger partial charge < -0.3 is 20.7 Å². The van der Waals surface area contributed by atoms with Gasteiger partial charge in [-0.15, -0.1) is 0 Å². The highest BCUT2D eigenvalue weighted by atomic mass is 32.2. The fraction of sp³-hybridized carbons (Fsp3) is 0.636. The van der Waals surface area contributed by atoms with Crippen molar-refractivity contribution < 1.29 is 22.7 Å². The first-order valence-corrected chi connectivity index (χ1v) is 12.7. The lowest BCUT2D eigenvalue weighted by Crippen LogP contribution is -2.53. The minimum atomic E-state index is -3.45. The van der Waals surface area contributed by atoms with E-state index < -0.39 is 27.8 Å². The lowest BCUT2D eigenvalue weighted by molar-refractivity contribution is -0.134. The Hall–Kier alpha value is -2.17. The number of likely N-dealkylation sites (tertiary alicyclic amines) is 1. The van der Waals surface area contributed by atoms with Gasteiger partial charge >= 0.3 is 6.09 Å². The van der Waals surface area contributed by atoms with Gasteiger partial charge in [0.1, 0.15) is 11.6 Å². The van der Waals surface area contributed by atoms with E-state index in [-0.39, 0.29) is 24.2 Å². The number of benzene rings is 1. The molecule has 0 aromatic heterocycles. The molecule has 0 saturated carbocycles. The van der Waals surface area contributed by atoms with Crippen LogP contribution in [0.15, 0.2) is 30.3 Å². The Morgan fingerprint density at radius 1 is 1.25 bits per heavy atom. The van der Waals surface area contributed by atoms with Crippen LogP contribution in [0.5, 0.6) is 0 Å². The molecule has 0 radical (unpaired) electrons. The zero-order chi connectivity index (χ0) is 23.8. The van der Waals surface area contributed by atoms with Gasteiger partial charge in [-0.3, -0.25) is 4.79 Å². The Balaban J connectivity index is 2.11. The maximum Gasteiger partial charge on any atom is 0.408 e. The molecule has 1 fully saturated rings. The SMILES string of the molecule is CC(C)(C)OC(=O)NC(Cc1ccccc1)C(=O)N1CCCC1CNS(=O)(=O)CCCN. The number of hydrogen-bond acceptors (Lipinski definition) is 6. The van der Waals surface area contributed by atoms with Crippen molar-refractivity contribution in [3.05, 3.63) is 35.9 Å². The van der Waals surface area contributed by atoms with Crippen LogP contribution in [-0.4, -0.2) is 68.4 Å². The first-order valence-electron chi connectivity index (χ1n) is 11.0. The molecule has 10 heteroatoms. The lowest BCUT2D eigenvalue weighted by Gasteiger charge is -2.30. The van der Waals surface area contributed by atoms with E-state index in [9.17, 15) is 18.0 Å². The Bertz CT molecular complexity index is 855. The normalized spacial score (nSPS) is 17.8. The molecule has 1 aliphatic heterocycles.